The van der Waals surface area contributed by atoms with Gasteiger partial charge in [-0.1, -0.05) is 19.3 Å². The Bertz CT molecular complexity index is 386. The van der Waals surface area contributed by atoms with Gasteiger partial charge in [0, 0.05) is 11.8 Å². The highest BCUT2D eigenvalue weighted by Crippen LogP contribution is 2.43. The van der Waals surface area contributed by atoms with Crippen molar-refractivity contribution in [1.82, 2.24) is 9.66 Å². The van der Waals surface area contributed by atoms with Gasteiger partial charge in [0.05, 0.1) is 5.69 Å². The number of nitrogen functional groups attached to an aromatic ring is 2. The van der Waals surface area contributed by atoms with Gasteiger partial charge in [0.25, 0.3) is 0 Å². The molecule has 3 rings (SSSR count). The van der Waals surface area contributed by atoms with E-state index in [0.717, 1.165) is 11.5 Å². The van der Waals surface area contributed by atoms with Gasteiger partial charge < -0.3 is 11.6 Å². The van der Waals surface area contributed by atoms with E-state index >= 15 is 0 Å². The third-order valence-electron chi connectivity index (χ3n) is 3.94. The van der Waals surface area contributed by atoms with Gasteiger partial charge >= 0.3 is 0 Å². The van der Waals surface area contributed by atoms with Crippen molar-refractivity contribution in [2.75, 3.05) is 11.6 Å². The largest absolute Gasteiger partial charge is 0.382 e. The van der Waals surface area contributed by atoms with Gasteiger partial charge in [0.2, 0.25) is 0 Å². The minimum atomic E-state index is 0.536. The Kier molecular flexibility index (Phi) is 2.30. The van der Waals surface area contributed by atoms with E-state index in [-0.39, 0.29) is 0 Å². The van der Waals surface area contributed by atoms with Crippen molar-refractivity contribution in [1.29, 1.82) is 0 Å². The standard InChI is InChI=1S/C12H20N4/c13-11-10(8-6-7-8)15-12(16(11)14)9-4-2-1-3-5-9/h8-9H,1-7,13-14H2. The van der Waals surface area contributed by atoms with Crippen molar-refractivity contribution in [2.45, 2.75) is 56.8 Å². The molecule has 88 valence electrons. The fourth-order valence-corrected chi connectivity index (χ4v) is 2.79. The van der Waals surface area contributed by atoms with Crippen molar-refractivity contribution >= 4 is 5.82 Å². The molecule has 4 N–H and O–H groups in total. The summed E-state index contributed by atoms with van der Waals surface area (Å²) in [6.07, 6.45) is 8.85. The van der Waals surface area contributed by atoms with Crippen molar-refractivity contribution in [2.24, 2.45) is 0 Å². The van der Waals surface area contributed by atoms with E-state index in [4.69, 9.17) is 16.6 Å². The van der Waals surface area contributed by atoms with Crippen molar-refractivity contribution in [3.8, 4) is 0 Å². The molecule has 0 atom stereocenters. The molecule has 16 heavy (non-hydrogen) atoms. The summed E-state index contributed by atoms with van der Waals surface area (Å²) in [4.78, 5) is 4.71. The van der Waals surface area contributed by atoms with Crippen LogP contribution >= 0.6 is 0 Å². The monoisotopic (exact) mass is 220 g/mol. The Morgan fingerprint density at radius 1 is 1.00 bits per heavy atom. The normalized spacial score (nSPS) is 22.5. The maximum atomic E-state index is 6.03. The van der Waals surface area contributed by atoms with E-state index in [0.29, 0.717) is 17.7 Å². The van der Waals surface area contributed by atoms with E-state index in [2.05, 4.69) is 0 Å². The Morgan fingerprint density at radius 3 is 2.31 bits per heavy atom. The summed E-state index contributed by atoms with van der Waals surface area (Å²) in [6, 6.07) is 0. The molecule has 0 unspecified atom stereocenters. The molecule has 0 aliphatic heterocycles. The van der Waals surface area contributed by atoms with Crippen LogP contribution in [0.15, 0.2) is 0 Å². The second-order valence-electron chi connectivity index (χ2n) is 5.22. The molecular weight excluding hydrogens is 200 g/mol. The first-order chi connectivity index (χ1) is 7.77. The molecule has 2 fully saturated rings. The van der Waals surface area contributed by atoms with E-state index < -0.39 is 0 Å². The van der Waals surface area contributed by atoms with E-state index in [1.165, 1.54) is 44.9 Å². The molecule has 2 aliphatic carbocycles. The van der Waals surface area contributed by atoms with Crippen molar-refractivity contribution in [3.63, 3.8) is 0 Å². The average Bonchev–Trinajstić information content (AvgIpc) is 3.10. The third-order valence-corrected chi connectivity index (χ3v) is 3.94. The van der Waals surface area contributed by atoms with Crippen LogP contribution in [0.3, 0.4) is 0 Å². The Morgan fingerprint density at radius 2 is 1.69 bits per heavy atom. The average molecular weight is 220 g/mol. The number of hydrogen-bond acceptors (Lipinski definition) is 3. The number of hydrogen-bond donors (Lipinski definition) is 2. The zero-order valence-electron chi connectivity index (χ0n) is 9.65. The number of rotatable bonds is 2. The quantitative estimate of drug-likeness (QED) is 0.750. The van der Waals surface area contributed by atoms with Gasteiger partial charge in [-0.2, -0.15) is 0 Å². The van der Waals surface area contributed by atoms with Crippen molar-refractivity contribution in [3.05, 3.63) is 11.5 Å². The van der Waals surface area contributed by atoms with E-state index in [9.17, 15) is 0 Å². The number of anilines is 1. The molecule has 1 aromatic rings. The Balaban J connectivity index is 1.90. The summed E-state index contributed by atoms with van der Waals surface area (Å²) in [6.45, 7) is 0. The smallest absolute Gasteiger partial charge is 0.146 e. The first kappa shape index (κ1) is 10.00. The lowest BCUT2D eigenvalue weighted by Crippen LogP contribution is -2.19. The molecule has 0 amide bonds. The zero-order chi connectivity index (χ0) is 11.1. The summed E-state index contributed by atoms with van der Waals surface area (Å²) < 4.78 is 1.64. The zero-order valence-corrected chi connectivity index (χ0v) is 9.65. The summed E-state index contributed by atoms with van der Waals surface area (Å²) in [5, 5.41) is 0. The minimum absolute atomic E-state index is 0.536. The molecular formula is C12H20N4. The summed E-state index contributed by atoms with van der Waals surface area (Å²) in [5.74, 6) is 8.88. The number of nitrogens with zero attached hydrogens (tertiary/aromatic N) is 2. The SMILES string of the molecule is Nc1c(C2CC2)nc(C2CCCCC2)n1N. The fraction of sp³-hybridized carbons (Fsp3) is 0.750. The molecule has 0 spiro atoms. The van der Waals surface area contributed by atoms with Crippen molar-refractivity contribution < 1.29 is 0 Å². The second kappa shape index (κ2) is 3.68. The molecule has 1 aromatic heterocycles. The molecule has 2 saturated carbocycles. The number of nitrogens with two attached hydrogens (primary N) is 2. The highest BCUT2D eigenvalue weighted by molar-refractivity contribution is 5.43. The summed E-state index contributed by atoms with van der Waals surface area (Å²) >= 11 is 0. The third kappa shape index (κ3) is 1.56. The molecule has 0 bridgehead atoms. The molecule has 2 aliphatic rings. The maximum absolute atomic E-state index is 6.03. The molecule has 0 aromatic carbocycles. The summed E-state index contributed by atoms with van der Waals surface area (Å²) in [7, 11) is 0. The predicted molar refractivity (Wildman–Crippen MR) is 64.6 cm³/mol. The van der Waals surface area contributed by atoms with Gasteiger partial charge in [-0.3, -0.25) is 0 Å². The first-order valence-corrected chi connectivity index (χ1v) is 6.40. The van der Waals surface area contributed by atoms with Gasteiger partial charge in [-0.15, -0.1) is 0 Å². The molecule has 0 saturated heterocycles. The Labute approximate surface area is 96.0 Å². The van der Waals surface area contributed by atoms with Crippen LogP contribution in [0.5, 0.6) is 0 Å². The maximum Gasteiger partial charge on any atom is 0.146 e. The number of aromatic nitrogens is 2. The lowest BCUT2D eigenvalue weighted by atomic mass is 9.89. The fourth-order valence-electron chi connectivity index (χ4n) is 2.79. The van der Waals surface area contributed by atoms with Crippen LogP contribution in [0.2, 0.25) is 0 Å². The van der Waals surface area contributed by atoms with Crippen LogP contribution in [0.25, 0.3) is 0 Å². The van der Waals surface area contributed by atoms with Crippen LogP contribution in [-0.2, 0) is 0 Å². The highest BCUT2D eigenvalue weighted by Gasteiger charge is 2.32. The lowest BCUT2D eigenvalue weighted by molar-refractivity contribution is 0.424. The molecule has 4 heteroatoms. The first-order valence-electron chi connectivity index (χ1n) is 6.40. The molecule has 1 heterocycles. The predicted octanol–water partition coefficient (Wildman–Crippen LogP) is 2.10. The van der Waals surface area contributed by atoms with Crippen LogP contribution in [0.1, 0.15) is 68.3 Å². The van der Waals surface area contributed by atoms with E-state index in [1.54, 1.807) is 4.68 Å². The number of imidazole rings is 1. The van der Waals surface area contributed by atoms with Crippen LogP contribution < -0.4 is 11.6 Å². The van der Waals surface area contributed by atoms with Crippen LogP contribution in [0, 0.1) is 0 Å². The Hall–Kier alpha value is -1.19. The molecule has 4 nitrogen and oxygen atoms in total. The highest BCUT2D eigenvalue weighted by atomic mass is 15.4. The van der Waals surface area contributed by atoms with Gasteiger partial charge in [0.1, 0.15) is 11.6 Å². The van der Waals surface area contributed by atoms with Crippen LogP contribution in [0.4, 0.5) is 5.82 Å². The van der Waals surface area contributed by atoms with Gasteiger partial charge in [0.15, 0.2) is 0 Å². The summed E-state index contributed by atoms with van der Waals surface area (Å²) in [5.41, 5.74) is 7.08. The topological polar surface area (TPSA) is 69.9 Å². The minimum Gasteiger partial charge on any atom is -0.382 e. The molecule has 0 radical (unpaired) electrons. The van der Waals surface area contributed by atoms with E-state index in [1.807, 2.05) is 0 Å². The van der Waals surface area contributed by atoms with Gasteiger partial charge in [-0.05, 0) is 25.7 Å². The van der Waals surface area contributed by atoms with Crippen LogP contribution in [-0.4, -0.2) is 9.66 Å². The van der Waals surface area contributed by atoms with Gasteiger partial charge in [-0.25, -0.2) is 9.66 Å². The second-order valence-corrected chi connectivity index (χ2v) is 5.22. The lowest BCUT2D eigenvalue weighted by Gasteiger charge is -2.20.